The Hall–Kier alpha value is -0.570. The highest BCUT2D eigenvalue weighted by Gasteiger charge is 2.50. The third-order valence-corrected chi connectivity index (χ3v) is 4.23. The zero-order valence-electron chi connectivity index (χ0n) is 8.75. The smallest absolute Gasteiger partial charge is 0.307 e. The van der Waals surface area contributed by atoms with Crippen LogP contribution in [-0.4, -0.2) is 24.2 Å². The Balaban J connectivity index is 2.28. The van der Waals surface area contributed by atoms with Crippen LogP contribution in [0.25, 0.3) is 0 Å². The Morgan fingerprint density at radius 1 is 1.64 bits per heavy atom. The van der Waals surface area contributed by atoms with E-state index in [1.54, 1.807) is 0 Å². The van der Waals surface area contributed by atoms with E-state index in [-0.39, 0.29) is 11.3 Å². The summed E-state index contributed by atoms with van der Waals surface area (Å²) in [7, 11) is 0. The second-order valence-electron chi connectivity index (χ2n) is 4.82. The molecule has 2 rings (SSSR count). The predicted octanol–water partition coefficient (Wildman–Crippen LogP) is 1.49. The number of carboxylic acids is 1. The summed E-state index contributed by atoms with van der Waals surface area (Å²) >= 11 is 0. The van der Waals surface area contributed by atoms with Gasteiger partial charge in [-0.3, -0.25) is 4.79 Å². The van der Waals surface area contributed by atoms with Crippen LogP contribution >= 0.6 is 0 Å². The number of fused-ring (bicyclic) bond motifs is 2. The number of rotatable bonds is 2. The lowest BCUT2D eigenvalue weighted by Crippen LogP contribution is -2.56. The normalized spacial score (nSPS) is 42.1. The minimum absolute atomic E-state index is 0.0486. The molecule has 2 fully saturated rings. The van der Waals surface area contributed by atoms with Crippen LogP contribution in [0.1, 0.15) is 32.6 Å². The number of hydrogen-bond acceptors (Lipinski definition) is 2. The summed E-state index contributed by atoms with van der Waals surface area (Å²) in [5.41, 5.74) is 0.0486. The van der Waals surface area contributed by atoms with Crippen LogP contribution in [0.3, 0.4) is 0 Å². The molecule has 2 bridgehead atoms. The molecule has 1 aliphatic carbocycles. The molecule has 80 valence electrons. The topological polar surface area (TPSA) is 49.3 Å². The lowest BCUT2D eigenvalue weighted by molar-refractivity contribution is -0.155. The van der Waals surface area contributed by atoms with Gasteiger partial charge in [-0.25, -0.2) is 0 Å². The van der Waals surface area contributed by atoms with E-state index in [4.69, 9.17) is 0 Å². The number of nitrogens with one attached hydrogen (secondary N) is 1. The monoisotopic (exact) mass is 197 g/mol. The van der Waals surface area contributed by atoms with Crippen molar-refractivity contribution < 1.29 is 9.90 Å². The molecule has 2 aliphatic rings. The minimum atomic E-state index is -0.571. The average Bonchev–Trinajstić information content (AvgIpc) is 2.16. The van der Waals surface area contributed by atoms with Gasteiger partial charge in [0, 0.05) is 6.54 Å². The molecular weight excluding hydrogens is 178 g/mol. The van der Waals surface area contributed by atoms with Crippen molar-refractivity contribution >= 4 is 5.97 Å². The second kappa shape index (κ2) is 3.54. The zero-order chi connectivity index (χ0) is 10.2. The molecule has 14 heavy (non-hydrogen) atoms. The van der Waals surface area contributed by atoms with E-state index in [0.717, 1.165) is 32.4 Å². The first kappa shape index (κ1) is 9.97. The summed E-state index contributed by atoms with van der Waals surface area (Å²) in [6.07, 6.45) is 4.38. The molecule has 0 spiro atoms. The van der Waals surface area contributed by atoms with Gasteiger partial charge in [-0.05, 0) is 37.1 Å². The summed E-state index contributed by atoms with van der Waals surface area (Å²) in [6.45, 7) is 3.93. The van der Waals surface area contributed by atoms with E-state index in [0.29, 0.717) is 5.92 Å². The highest BCUT2D eigenvalue weighted by atomic mass is 16.4. The molecule has 3 nitrogen and oxygen atoms in total. The molecule has 0 radical (unpaired) electrons. The number of hydrogen-bond donors (Lipinski definition) is 2. The zero-order valence-corrected chi connectivity index (χ0v) is 8.75. The molecule has 1 saturated carbocycles. The number of carboxylic acid groups (broad SMARTS) is 1. The summed E-state index contributed by atoms with van der Waals surface area (Å²) in [4.78, 5) is 11.3. The van der Waals surface area contributed by atoms with Crippen molar-refractivity contribution in [3.05, 3.63) is 0 Å². The van der Waals surface area contributed by atoms with E-state index in [1.807, 2.05) is 0 Å². The van der Waals surface area contributed by atoms with Gasteiger partial charge in [0.25, 0.3) is 0 Å². The maximum Gasteiger partial charge on any atom is 0.307 e. The predicted molar refractivity (Wildman–Crippen MR) is 54.1 cm³/mol. The highest BCUT2D eigenvalue weighted by molar-refractivity contribution is 5.72. The minimum Gasteiger partial charge on any atom is -0.481 e. The van der Waals surface area contributed by atoms with Crippen molar-refractivity contribution in [2.45, 2.75) is 32.6 Å². The largest absolute Gasteiger partial charge is 0.481 e. The standard InChI is InChI=1S/C11H19NO2/c1-2-11-5-3-4-8(6-12-7-11)9(11)10(13)14/h8-9,12H,2-7H2,1H3,(H,13,14). The van der Waals surface area contributed by atoms with E-state index >= 15 is 0 Å². The summed E-state index contributed by atoms with van der Waals surface area (Å²) in [5, 5.41) is 12.7. The molecule has 2 N–H and O–H groups in total. The third-order valence-electron chi connectivity index (χ3n) is 4.23. The highest BCUT2D eigenvalue weighted by Crippen LogP contribution is 2.48. The Morgan fingerprint density at radius 2 is 2.43 bits per heavy atom. The first-order valence-corrected chi connectivity index (χ1v) is 5.63. The van der Waals surface area contributed by atoms with Crippen LogP contribution in [0.2, 0.25) is 0 Å². The van der Waals surface area contributed by atoms with Crippen molar-refractivity contribution in [3.8, 4) is 0 Å². The number of aliphatic carboxylic acids is 1. The Kier molecular flexibility index (Phi) is 2.52. The van der Waals surface area contributed by atoms with Gasteiger partial charge in [0.2, 0.25) is 0 Å². The van der Waals surface area contributed by atoms with Gasteiger partial charge in [0.05, 0.1) is 5.92 Å². The van der Waals surface area contributed by atoms with Gasteiger partial charge >= 0.3 is 5.97 Å². The van der Waals surface area contributed by atoms with E-state index in [9.17, 15) is 9.90 Å². The van der Waals surface area contributed by atoms with Crippen LogP contribution < -0.4 is 5.32 Å². The van der Waals surface area contributed by atoms with Crippen LogP contribution in [0.4, 0.5) is 0 Å². The fraction of sp³-hybridized carbons (Fsp3) is 0.909. The molecular formula is C11H19NO2. The van der Waals surface area contributed by atoms with E-state index < -0.39 is 5.97 Å². The molecule has 0 amide bonds. The molecule has 1 aliphatic heterocycles. The summed E-state index contributed by atoms with van der Waals surface area (Å²) < 4.78 is 0. The van der Waals surface area contributed by atoms with Gasteiger partial charge in [-0.15, -0.1) is 0 Å². The first-order valence-electron chi connectivity index (χ1n) is 5.63. The molecule has 1 saturated heterocycles. The molecule has 3 heteroatoms. The van der Waals surface area contributed by atoms with Crippen LogP contribution in [0.5, 0.6) is 0 Å². The van der Waals surface area contributed by atoms with E-state index in [1.165, 1.54) is 6.42 Å². The van der Waals surface area contributed by atoms with Gasteiger partial charge < -0.3 is 10.4 Å². The first-order chi connectivity index (χ1) is 6.69. The maximum atomic E-state index is 11.3. The number of piperidine rings is 1. The van der Waals surface area contributed by atoms with Crippen molar-refractivity contribution in [1.29, 1.82) is 0 Å². The summed E-state index contributed by atoms with van der Waals surface area (Å²) in [5.74, 6) is -0.296. The van der Waals surface area contributed by atoms with Gasteiger partial charge in [-0.2, -0.15) is 0 Å². The molecule has 0 aromatic rings. The van der Waals surface area contributed by atoms with Crippen molar-refractivity contribution in [3.63, 3.8) is 0 Å². The lowest BCUT2D eigenvalue weighted by atomic mass is 9.58. The Labute approximate surface area is 84.9 Å². The molecule has 1 heterocycles. The van der Waals surface area contributed by atoms with Gasteiger partial charge in [0.15, 0.2) is 0 Å². The fourth-order valence-electron chi connectivity index (χ4n) is 3.45. The van der Waals surface area contributed by atoms with Crippen molar-refractivity contribution in [2.75, 3.05) is 13.1 Å². The van der Waals surface area contributed by atoms with Crippen molar-refractivity contribution in [1.82, 2.24) is 5.32 Å². The fourth-order valence-corrected chi connectivity index (χ4v) is 3.45. The molecule has 3 atom stereocenters. The summed E-state index contributed by atoms with van der Waals surface area (Å²) in [6, 6.07) is 0. The number of carbonyl (C=O) groups is 1. The maximum absolute atomic E-state index is 11.3. The molecule has 0 aromatic heterocycles. The van der Waals surface area contributed by atoms with E-state index in [2.05, 4.69) is 12.2 Å². The van der Waals surface area contributed by atoms with Gasteiger partial charge in [-0.1, -0.05) is 13.3 Å². The lowest BCUT2D eigenvalue weighted by Gasteiger charge is -2.50. The SMILES string of the molecule is CCC12CCCC(CNC1)C2C(=O)O. The third kappa shape index (κ3) is 1.34. The second-order valence-corrected chi connectivity index (χ2v) is 4.82. The van der Waals surface area contributed by atoms with Crippen LogP contribution in [0.15, 0.2) is 0 Å². The van der Waals surface area contributed by atoms with Crippen LogP contribution in [0, 0.1) is 17.3 Å². The van der Waals surface area contributed by atoms with Crippen LogP contribution in [-0.2, 0) is 4.79 Å². The Bertz CT molecular complexity index is 229. The van der Waals surface area contributed by atoms with Gasteiger partial charge in [0.1, 0.15) is 0 Å². The average molecular weight is 197 g/mol. The quantitative estimate of drug-likeness (QED) is 0.705. The Morgan fingerprint density at radius 3 is 3.00 bits per heavy atom. The van der Waals surface area contributed by atoms with Crippen molar-refractivity contribution in [2.24, 2.45) is 17.3 Å². The molecule has 0 aromatic carbocycles. The molecule has 3 unspecified atom stereocenters.